The lowest BCUT2D eigenvalue weighted by molar-refractivity contribution is 0.0954. The van der Waals surface area contributed by atoms with Gasteiger partial charge in [-0.05, 0) is 42.5 Å². The molecular formula is C17H18N2O6S. The van der Waals surface area contributed by atoms with Crippen LogP contribution in [0.1, 0.15) is 10.4 Å². The van der Waals surface area contributed by atoms with Gasteiger partial charge in [0.15, 0.2) is 11.5 Å². The highest BCUT2D eigenvalue weighted by Crippen LogP contribution is 2.32. The Hall–Kier alpha value is -2.78. The van der Waals surface area contributed by atoms with Crippen molar-refractivity contribution >= 4 is 15.9 Å². The van der Waals surface area contributed by atoms with Crippen molar-refractivity contribution in [3.8, 4) is 17.2 Å². The van der Waals surface area contributed by atoms with Crippen LogP contribution >= 0.6 is 0 Å². The van der Waals surface area contributed by atoms with E-state index in [4.69, 9.17) is 14.2 Å². The summed E-state index contributed by atoms with van der Waals surface area (Å²) in [7, 11) is -2.14. The van der Waals surface area contributed by atoms with Gasteiger partial charge in [0.2, 0.25) is 16.8 Å². The zero-order valence-electron chi connectivity index (χ0n) is 14.0. The van der Waals surface area contributed by atoms with E-state index in [9.17, 15) is 13.2 Å². The van der Waals surface area contributed by atoms with Crippen molar-refractivity contribution in [3.05, 3.63) is 48.0 Å². The van der Waals surface area contributed by atoms with E-state index in [2.05, 4.69) is 10.0 Å². The summed E-state index contributed by atoms with van der Waals surface area (Å²) >= 11 is 0. The number of methoxy groups -OCH3 is 1. The third-order valence-electron chi connectivity index (χ3n) is 3.71. The van der Waals surface area contributed by atoms with Crippen molar-refractivity contribution in [2.24, 2.45) is 0 Å². The fraction of sp³-hybridized carbons (Fsp3) is 0.235. The summed E-state index contributed by atoms with van der Waals surface area (Å²) in [5.41, 5.74) is 0.410. The third-order valence-corrected chi connectivity index (χ3v) is 5.18. The van der Waals surface area contributed by atoms with E-state index in [1.165, 1.54) is 19.2 Å². The van der Waals surface area contributed by atoms with Gasteiger partial charge in [0.25, 0.3) is 5.91 Å². The van der Waals surface area contributed by atoms with Gasteiger partial charge in [-0.1, -0.05) is 0 Å². The number of carbonyl (C=O) groups excluding carboxylic acids is 1. The minimum absolute atomic E-state index is 0.0602. The average Bonchev–Trinajstić information content (AvgIpc) is 3.13. The predicted octanol–water partition coefficient (Wildman–Crippen LogP) is 1.13. The van der Waals surface area contributed by atoms with Crippen molar-refractivity contribution in [3.63, 3.8) is 0 Å². The van der Waals surface area contributed by atoms with Gasteiger partial charge in [0, 0.05) is 18.7 Å². The predicted molar refractivity (Wildman–Crippen MR) is 93.1 cm³/mol. The molecule has 1 amide bonds. The van der Waals surface area contributed by atoms with Crippen molar-refractivity contribution < 1.29 is 27.4 Å². The smallest absolute Gasteiger partial charge is 0.251 e. The van der Waals surface area contributed by atoms with Gasteiger partial charge in [-0.25, -0.2) is 13.1 Å². The van der Waals surface area contributed by atoms with Crippen molar-refractivity contribution in [1.82, 2.24) is 10.0 Å². The lowest BCUT2D eigenvalue weighted by Crippen LogP contribution is -2.34. The van der Waals surface area contributed by atoms with Crippen LogP contribution in [-0.4, -0.2) is 41.3 Å². The molecule has 1 aliphatic rings. The summed E-state index contributed by atoms with van der Waals surface area (Å²) in [6, 6.07) is 10.9. The number of carbonyl (C=O) groups is 1. The number of hydrogen-bond donors (Lipinski definition) is 2. The molecule has 2 N–H and O–H groups in total. The number of hydrogen-bond acceptors (Lipinski definition) is 6. The molecule has 0 atom stereocenters. The molecule has 0 aliphatic carbocycles. The van der Waals surface area contributed by atoms with Crippen LogP contribution in [0.15, 0.2) is 47.4 Å². The molecule has 0 aromatic heterocycles. The molecule has 0 fully saturated rings. The molecule has 2 aromatic carbocycles. The first-order valence-corrected chi connectivity index (χ1v) is 9.29. The largest absolute Gasteiger partial charge is 0.497 e. The third kappa shape index (κ3) is 4.06. The number of amides is 1. The first kappa shape index (κ1) is 18.0. The standard InChI is InChI=1S/C17H18N2O6S/c1-23-13-3-5-14(6-4-13)26(21,22)19-9-8-18-17(20)12-2-7-15-16(10-12)25-11-24-15/h2-7,10,19H,8-9,11H2,1H3,(H,18,20). The van der Waals surface area contributed by atoms with Gasteiger partial charge in [0.1, 0.15) is 5.75 Å². The molecule has 26 heavy (non-hydrogen) atoms. The van der Waals surface area contributed by atoms with Crippen LogP contribution in [0.3, 0.4) is 0 Å². The molecule has 0 unspecified atom stereocenters. The van der Waals surface area contributed by atoms with Gasteiger partial charge in [-0.3, -0.25) is 4.79 Å². The molecule has 0 saturated carbocycles. The second-order valence-corrected chi connectivity index (χ2v) is 7.16. The van der Waals surface area contributed by atoms with E-state index < -0.39 is 10.0 Å². The second-order valence-electron chi connectivity index (χ2n) is 5.40. The van der Waals surface area contributed by atoms with E-state index in [1.807, 2.05) is 0 Å². The van der Waals surface area contributed by atoms with Crippen LogP contribution < -0.4 is 24.2 Å². The monoisotopic (exact) mass is 378 g/mol. The molecule has 1 aliphatic heterocycles. The summed E-state index contributed by atoms with van der Waals surface area (Å²) in [5, 5.41) is 2.65. The molecule has 1 heterocycles. The first-order valence-electron chi connectivity index (χ1n) is 7.81. The minimum Gasteiger partial charge on any atom is -0.497 e. The Balaban J connectivity index is 1.50. The fourth-order valence-electron chi connectivity index (χ4n) is 2.34. The van der Waals surface area contributed by atoms with Crippen molar-refractivity contribution in [2.45, 2.75) is 4.90 Å². The van der Waals surface area contributed by atoms with Crippen LogP contribution in [0.2, 0.25) is 0 Å². The molecular weight excluding hydrogens is 360 g/mol. The minimum atomic E-state index is -3.65. The maximum atomic E-state index is 12.2. The van der Waals surface area contributed by atoms with E-state index in [0.717, 1.165) is 0 Å². The number of rotatable bonds is 7. The Kier molecular flexibility index (Phi) is 5.29. The molecule has 0 bridgehead atoms. The molecule has 138 valence electrons. The highest BCUT2D eigenvalue weighted by Gasteiger charge is 2.17. The number of sulfonamides is 1. The summed E-state index contributed by atoms with van der Waals surface area (Å²) in [5.74, 6) is 1.35. The molecule has 9 heteroatoms. The van der Waals surface area contributed by atoms with Crippen molar-refractivity contribution in [2.75, 3.05) is 27.0 Å². The fourth-order valence-corrected chi connectivity index (χ4v) is 3.37. The van der Waals surface area contributed by atoms with E-state index in [1.54, 1.807) is 30.3 Å². The Morgan fingerprint density at radius 1 is 1.08 bits per heavy atom. The van der Waals surface area contributed by atoms with Crippen LogP contribution in [-0.2, 0) is 10.0 Å². The number of benzene rings is 2. The van der Waals surface area contributed by atoms with Gasteiger partial charge in [-0.2, -0.15) is 0 Å². The Bertz CT molecular complexity index is 896. The highest BCUT2D eigenvalue weighted by molar-refractivity contribution is 7.89. The quantitative estimate of drug-likeness (QED) is 0.700. The number of nitrogens with one attached hydrogen (secondary N) is 2. The van der Waals surface area contributed by atoms with Gasteiger partial charge in [-0.15, -0.1) is 0 Å². The lowest BCUT2D eigenvalue weighted by Gasteiger charge is -2.09. The molecule has 3 rings (SSSR count). The summed E-state index contributed by atoms with van der Waals surface area (Å²) in [4.78, 5) is 12.2. The Morgan fingerprint density at radius 2 is 1.81 bits per heavy atom. The van der Waals surface area contributed by atoms with E-state index in [0.29, 0.717) is 22.8 Å². The SMILES string of the molecule is COc1ccc(S(=O)(=O)NCCNC(=O)c2ccc3c(c2)OCO3)cc1. The van der Waals surface area contributed by atoms with Crippen LogP contribution in [0.5, 0.6) is 17.2 Å². The summed E-state index contributed by atoms with van der Waals surface area (Å²) in [6.07, 6.45) is 0. The molecule has 2 aromatic rings. The zero-order chi connectivity index (χ0) is 18.6. The molecule has 0 saturated heterocycles. The highest BCUT2D eigenvalue weighted by atomic mass is 32.2. The van der Waals surface area contributed by atoms with Crippen LogP contribution in [0.4, 0.5) is 0 Å². The van der Waals surface area contributed by atoms with Gasteiger partial charge in [0.05, 0.1) is 12.0 Å². The maximum Gasteiger partial charge on any atom is 0.251 e. The van der Waals surface area contributed by atoms with Crippen molar-refractivity contribution in [1.29, 1.82) is 0 Å². The molecule has 0 radical (unpaired) electrons. The average molecular weight is 378 g/mol. The van der Waals surface area contributed by atoms with Crippen LogP contribution in [0, 0.1) is 0 Å². The number of fused-ring (bicyclic) bond motifs is 1. The molecule has 0 spiro atoms. The van der Waals surface area contributed by atoms with E-state index in [-0.39, 0.29) is 30.7 Å². The lowest BCUT2D eigenvalue weighted by atomic mass is 10.2. The zero-order valence-corrected chi connectivity index (χ0v) is 14.8. The van der Waals surface area contributed by atoms with E-state index >= 15 is 0 Å². The van der Waals surface area contributed by atoms with Crippen LogP contribution in [0.25, 0.3) is 0 Å². The molecule has 8 nitrogen and oxygen atoms in total. The van der Waals surface area contributed by atoms with Gasteiger partial charge >= 0.3 is 0 Å². The number of ether oxygens (including phenoxy) is 3. The first-order chi connectivity index (χ1) is 12.5. The Labute approximate surface area is 151 Å². The second kappa shape index (κ2) is 7.63. The topological polar surface area (TPSA) is 103 Å². The Morgan fingerprint density at radius 3 is 2.54 bits per heavy atom. The summed E-state index contributed by atoms with van der Waals surface area (Å²) in [6.45, 7) is 0.334. The maximum absolute atomic E-state index is 12.2. The summed E-state index contributed by atoms with van der Waals surface area (Å²) < 4.78 is 42.2. The van der Waals surface area contributed by atoms with Gasteiger partial charge < -0.3 is 19.5 Å². The normalized spacial score (nSPS) is 12.7.